The Labute approximate surface area is 219 Å². The zero-order valence-electron chi connectivity index (χ0n) is 21.9. The van der Waals surface area contributed by atoms with Crippen molar-refractivity contribution >= 4 is 38.6 Å². The zero-order chi connectivity index (χ0) is 25.5. The van der Waals surface area contributed by atoms with Gasteiger partial charge in [0, 0.05) is 16.9 Å². The summed E-state index contributed by atoms with van der Waals surface area (Å²) in [6.45, 7) is 8.78. The predicted molar refractivity (Wildman–Crippen MR) is 161 cm³/mol. The van der Waals surface area contributed by atoms with E-state index < -0.39 is 0 Å². The van der Waals surface area contributed by atoms with Crippen LogP contribution in [-0.2, 0) is 0 Å². The van der Waals surface area contributed by atoms with E-state index in [-0.39, 0.29) is 0 Å². The molecule has 0 saturated heterocycles. The molecule has 0 aliphatic heterocycles. The van der Waals surface area contributed by atoms with Crippen LogP contribution in [0.5, 0.6) is 0 Å². The number of hydrogen-bond acceptors (Lipinski definition) is 1. The number of anilines is 3. The molecule has 0 unspecified atom stereocenters. The molecule has 0 saturated carbocycles. The maximum atomic E-state index is 2.43. The van der Waals surface area contributed by atoms with Crippen LogP contribution in [0.25, 0.3) is 32.7 Å². The van der Waals surface area contributed by atoms with Gasteiger partial charge < -0.3 is 4.90 Å². The van der Waals surface area contributed by atoms with Gasteiger partial charge >= 0.3 is 0 Å². The smallest absolute Gasteiger partial charge is 0.0549 e. The first kappa shape index (κ1) is 23.1. The average molecular weight is 478 g/mol. The number of rotatable bonds is 4. The van der Waals surface area contributed by atoms with E-state index in [4.69, 9.17) is 0 Å². The molecule has 6 aromatic carbocycles. The van der Waals surface area contributed by atoms with Crippen LogP contribution < -0.4 is 4.90 Å². The minimum absolute atomic E-state index is 1.17. The van der Waals surface area contributed by atoms with Gasteiger partial charge in [-0.1, -0.05) is 78.9 Å². The Morgan fingerprint density at radius 2 is 1.03 bits per heavy atom. The number of benzene rings is 6. The Kier molecular flexibility index (Phi) is 5.77. The number of nitrogens with zero attached hydrogens (tertiary/aromatic N) is 1. The van der Waals surface area contributed by atoms with Crippen molar-refractivity contribution in [2.24, 2.45) is 0 Å². The molecule has 0 radical (unpaired) electrons. The fourth-order valence-electron chi connectivity index (χ4n) is 5.63. The van der Waals surface area contributed by atoms with E-state index in [0.717, 1.165) is 0 Å². The lowest BCUT2D eigenvalue weighted by atomic mass is 9.90. The molecule has 0 aromatic heterocycles. The lowest BCUT2D eigenvalue weighted by molar-refractivity contribution is 1.26. The van der Waals surface area contributed by atoms with Crippen molar-refractivity contribution in [1.82, 2.24) is 0 Å². The molecule has 0 fully saturated rings. The molecule has 0 amide bonds. The summed E-state index contributed by atoms with van der Waals surface area (Å²) < 4.78 is 0. The maximum Gasteiger partial charge on any atom is 0.0549 e. The monoisotopic (exact) mass is 477 g/mol. The molecule has 0 N–H and O–H groups in total. The van der Waals surface area contributed by atoms with Crippen molar-refractivity contribution in [3.63, 3.8) is 0 Å². The zero-order valence-corrected chi connectivity index (χ0v) is 21.9. The molecule has 0 heterocycles. The summed E-state index contributed by atoms with van der Waals surface area (Å²) in [5, 5.41) is 5.14. The Bertz CT molecular complexity index is 1730. The summed E-state index contributed by atoms with van der Waals surface area (Å²) in [5.41, 5.74) is 11.1. The van der Waals surface area contributed by atoms with E-state index in [1.165, 1.54) is 72.0 Å². The molecule has 37 heavy (non-hydrogen) atoms. The molecule has 0 aliphatic carbocycles. The third-order valence-electron chi connectivity index (χ3n) is 7.35. The molecular weight excluding hydrogens is 446 g/mol. The topological polar surface area (TPSA) is 3.24 Å². The van der Waals surface area contributed by atoms with Gasteiger partial charge in [0.2, 0.25) is 0 Å². The van der Waals surface area contributed by atoms with Gasteiger partial charge in [-0.2, -0.15) is 0 Å². The Balaban J connectivity index is 1.74. The molecule has 0 aliphatic rings. The van der Waals surface area contributed by atoms with E-state index in [1.807, 2.05) is 0 Å². The van der Waals surface area contributed by atoms with Crippen molar-refractivity contribution in [1.29, 1.82) is 0 Å². The molecular formula is C36H31N. The Morgan fingerprint density at radius 3 is 1.68 bits per heavy atom. The van der Waals surface area contributed by atoms with Crippen molar-refractivity contribution < 1.29 is 0 Å². The van der Waals surface area contributed by atoms with Gasteiger partial charge in [0.05, 0.1) is 5.69 Å². The number of hydrogen-bond donors (Lipinski definition) is 0. The van der Waals surface area contributed by atoms with Crippen LogP contribution in [0.2, 0.25) is 0 Å². The van der Waals surface area contributed by atoms with E-state index in [1.54, 1.807) is 0 Å². The van der Waals surface area contributed by atoms with E-state index in [0.29, 0.717) is 0 Å². The van der Waals surface area contributed by atoms with Crippen LogP contribution in [0.3, 0.4) is 0 Å². The lowest BCUT2D eigenvalue weighted by Crippen LogP contribution is -2.12. The highest BCUT2D eigenvalue weighted by atomic mass is 15.1. The number of fused-ring (bicyclic) bond motifs is 2. The highest BCUT2D eigenvalue weighted by molar-refractivity contribution is 6.08. The standard InChI is InChI=1S/C36H31N/c1-24-11-9-14-30(19-24)37(31-15-10-12-25(2)20-31)35-22-27(4)33-17-7-8-18-34(33)36(35)29-21-26(3)32-16-6-5-13-28(32)23-29/h5-23H,1-4H3. The Hall–Kier alpha value is -4.36. The SMILES string of the molecule is Cc1cccc(N(c2cccc(C)c2)c2cc(C)c3ccccc3c2-c2cc(C)c3ccccc3c2)c1. The van der Waals surface area contributed by atoms with Gasteiger partial charge in [0.25, 0.3) is 0 Å². The third-order valence-corrected chi connectivity index (χ3v) is 7.35. The molecule has 6 rings (SSSR count). The first-order chi connectivity index (χ1) is 18.0. The third kappa shape index (κ3) is 4.17. The van der Waals surface area contributed by atoms with Gasteiger partial charge in [-0.25, -0.2) is 0 Å². The van der Waals surface area contributed by atoms with E-state index in [2.05, 4.69) is 148 Å². The van der Waals surface area contributed by atoms with Crippen LogP contribution in [0.1, 0.15) is 22.3 Å². The molecule has 1 heteroatoms. The summed E-state index contributed by atoms with van der Waals surface area (Å²) in [6, 6.07) is 42.2. The second kappa shape index (κ2) is 9.26. The van der Waals surface area contributed by atoms with Crippen LogP contribution in [0.15, 0.2) is 115 Å². The van der Waals surface area contributed by atoms with E-state index in [9.17, 15) is 0 Å². The summed E-state index contributed by atoms with van der Waals surface area (Å²) in [6.07, 6.45) is 0. The largest absolute Gasteiger partial charge is 0.310 e. The highest BCUT2D eigenvalue weighted by Crippen LogP contribution is 2.46. The predicted octanol–water partition coefficient (Wildman–Crippen LogP) is 10.4. The van der Waals surface area contributed by atoms with Crippen LogP contribution >= 0.6 is 0 Å². The fourth-order valence-corrected chi connectivity index (χ4v) is 5.63. The molecule has 0 bridgehead atoms. The minimum Gasteiger partial charge on any atom is -0.310 e. The second-order valence-electron chi connectivity index (χ2n) is 10.2. The van der Waals surface area contributed by atoms with Gasteiger partial charge in [-0.05, 0) is 113 Å². The van der Waals surface area contributed by atoms with Crippen LogP contribution in [0.4, 0.5) is 17.1 Å². The second-order valence-corrected chi connectivity index (χ2v) is 10.2. The molecule has 0 atom stereocenters. The fraction of sp³-hybridized carbons (Fsp3) is 0.111. The number of aryl methyl sites for hydroxylation is 4. The van der Waals surface area contributed by atoms with Crippen molar-refractivity contribution in [3.05, 3.63) is 138 Å². The average Bonchev–Trinajstić information content (AvgIpc) is 2.89. The molecule has 6 aromatic rings. The van der Waals surface area contributed by atoms with Crippen molar-refractivity contribution in [2.75, 3.05) is 4.90 Å². The van der Waals surface area contributed by atoms with Crippen LogP contribution in [0, 0.1) is 27.7 Å². The van der Waals surface area contributed by atoms with Crippen molar-refractivity contribution in [3.8, 4) is 11.1 Å². The summed E-state index contributed by atoms with van der Waals surface area (Å²) in [4.78, 5) is 2.43. The first-order valence-corrected chi connectivity index (χ1v) is 13.0. The first-order valence-electron chi connectivity index (χ1n) is 13.0. The normalized spacial score (nSPS) is 11.2. The van der Waals surface area contributed by atoms with Gasteiger partial charge in [0.15, 0.2) is 0 Å². The molecule has 0 spiro atoms. The molecule has 1 nitrogen and oxygen atoms in total. The Morgan fingerprint density at radius 1 is 0.459 bits per heavy atom. The quantitative estimate of drug-likeness (QED) is 0.244. The summed E-state index contributed by atoms with van der Waals surface area (Å²) in [7, 11) is 0. The van der Waals surface area contributed by atoms with Gasteiger partial charge in [-0.3, -0.25) is 0 Å². The minimum atomic E-state index is 1.17. The van der Waals surface area contributed by atoms with E-state index >= 15 is 0 Å². The van der Waals surface area contributed by atoms with Crippen molar-refractivity contribution in [2.45, 2.75) is 27.7 Å². The molecule has 180 valence electrons. The van der Waals surface area contributed by atoms with Gasteiger partial charge in [-0.15, -0.1) is 0 Å². The van der Waals surface area contributed by atoms with Gasteiger partial charge in [0.1, 0.15) is 0 Å². The van der Waals surface area contributed by atoms with Crippen LogP contribution in [-0.4, -0.2) is 0 Å². The lowest BCUT2D eigenvalue weighted by Gasteiger charge is -2.30. The summed E-state index contributed by atoms with van der Waals surface area (Å²) in [5.74, 6) is 0. The maximum absolute atomic E-state index is 2.43. The summed E-state index contributed by atoms with van der Waals surface area (Å²) >= 11 is 0. The highest BCUT2D eigenvalue weighted by Gasteiger charge is 2.21.